The first-order chi connectivity index (χ1) is 13.3. The van der Waals surface area contributed by atoms with Gasteiger partial charge in [-0.25, -0.2) is 4.98 Å². The van der Waals surface area contributed by atoms with Crippen LogP contribution in [0.4, 0.5) is 36.4 Å². The first-order valence-corrected chi connectivity index (χ1v) is 7.01. The highest BCUT2D eigenvalue weighted by Crippen LogP contribution is 2.42. The smallest absolute Gasteiger partial charge is 0.435 e. The molecule has 15 heteroatoms. The zero-order valence-corrected chi connectivity index (χ0v) is 13.5. The van der Waals surface area contributed by atoms with Gasteiger partial charge < -0.3 is 4.74 Å². The Hall–Kier alpha value is -3.70. The molecule has 0 atom stereocenters. The molecular weight excluding hydrogens is 421 g/mol. The molecule has 0 amide bonds. The second kappa shape index (κ2) is 7.37. The average Bonchev–Trinajstić information content (AvgIpc) is 2.59. The van der Waals surface area contributed by atoms with Gasteiger partial charge in [0.1, 0.15) is 29.5 Å². The van der Waals surface area contributed by atoms with Crippen LogP contribution in [0.5, 0.6) is 5.75 Å². The van der Waals surface area contributed by atoms with Crippen LogP contribution in [-0.4, -0.2) is 27.3 Å². The highest BCUT2D eigenvalue weighted by Gasteiger charge is 2.60. The van der Waals surface area contributed by atoms with E-state index in [0.29, 0.717) is 12.1 Å². The van der Waals surface area contributed by atoms with Crippen LogP contribution in [-0.2, 0) is 5.92 Å². The van der Waals surface area contributed by atoms with E-state index >= 15 is 0 Å². The quantitative estimate of drug-likeness (QED) is 0.412. The van der Waals surface area contributed by atoms with Gasteiger partial charge in [0, 0.05) is 12.1 Å². The molecule has 29 heavy (non-hydrogen) atoms. The minimum Gasteiger partial charge on any atom is -0.435 e. The molecule has 0 bridgehead atoms. The summed E-state index contributed by atoms with van der Waals surface area (Å²) >= 11 is 0. The Morgan fingerprint density at radius 2 is 1.83 bits per heavy atom. The van der Waals surface area contributed by atoms with E-state index in [1.165, 1.54) is 6.07 Å². The number of hydrogen-bond donors (Lipinski definition) is 0. The van der Waals surface area contributed by atoms with Crippen molar-refractivity contribution in [1.29, 1.82) is 5.26 Å². The van der Waals surface area contributed by atoms with Crippen LogP contribution in [0.25, 0.3) is 5.69 Å². The third kappa shape index (κ3) is 4.10. The number of ether oxygens (including phenoxy) is 1. The summed E-state index contributed by atoms with van der Waals surface area (Å²) in [5, 5.41) is 20.3. The summed E-state index contributed by atoms with van der Waals surface area (Å²) < 4.78 is 92.6. The van der Waals surface area contributed by atoms with E-state index in [0.717, 1.165) is 0 Å². The van der Waals surface area contributed by atoms with Crippen LogP contribution in [0.2, 0.25) is 0 Å². The van der Waals surface area contributed by atoms with Crippen molar-refractivity contribution < 1.29 is 40.4 Å². The zero-order chi connectivity index (χ0) is 22.1. The van der Waals surface area contributed by atoms with Crippen molar-refractivity contribution in [1.82, 2.24) is 9.55 Å². The van der Waals surface area contributed by atoms with Crippen LogP contribution < -0.4 is 10.3 Å². The van der Waals surface area contributed by atoms with Gasteiger partial charge in [-0.1, -0.05) is 0 Å². The molecule has 0 spiro atoms. The number of hydrogen-bond acceptors (Lipinski definition) is 6. The SMILES string of the molecule is N#Cc1cc(OC(F)F)cc([N+](=O)[O-])c1-n1cnc(C(F)(F)C(F)(F)F)cc1=O. The Morgan fingerprint density at radius 1 is 1.21 bits per heavy atom. The molecule has 0 saturated heterocycles. The minimum absolute atomic E-state index is 0.119. The topological polar surface area (TPSA) is 111 Å². The Bertz CT molecular complexity index is 1060. The first kappa shape index (κ1) is 21.6. The molecular formula is C14H5F7N4O4. The van der Waals surface area contributed by atoms with E-state index in [9.17, 15) is 45.6 Å². The van der Waals surface area contributed by atoms with Gasteiger partial charge in [0.05, 0.1) is 16.6 Å². The zero-order valence-electron chi connectivity index (χ0n) is 13.5. The second-order valence-electron chi connectivity index (χ2n) is 5.14. The predicted octanol–water partition coefficient (Wildman–Crippen LogP) is 3.27. The van der Waals surface area contributed by atoms with Gasteiger partial charge in [-0.15, -0.1) is 0 Å². The van der Waals surface area contributed by atoms with Gasteiger partial charge in [0.2, 0.25) is 0 Å². The van der Waals surface area contributed by atoms with E-state index in [1.54, 1.807) is 0 Å². The van der Waals surface area contributed by atoms with Gasteiger partial charge in [-0.2, -0.15) is 36.0 Å². The van der Waals surface area contributed by atoms with Crippen molar-refractivity contribution in [2.75, 3.05) is 0 Å². The molecule has 0 fully saturated rings. The average molecular weight is 426 g/mol. The highest BCUT2D eigenvalue weighted by molar-refractivity contribution is 5.65. The van der Waals surface area contributed by atoms with E-state index in [4.69, 9.17) is 5.26 Å². The van der Waals surface area contributed by atoms with Crippen LogP contribution >= 0.6 is 0 Å². The maximum absolute atomic E-state index is 13.3. The predicted molar refractivity (Wildman–Crippen MR) is 77.8 cm³/mol. The lowest BCUT2D eigenvalue weighted by atomic mass is 10.1. The fraction of sp³-hybridized carbons (Fsp3) is 0.214. The Labute approximate surface area is 154 Å². The lowest BCUT2D eigenvalue weighted by Gasteiger charge is -2.19. The van der Waals surface area contributed by atoms with Gasteiger partial charge in [-0.05, 0) is 0 Å². The molecule has 0 aliphatic heterocycles. The molecule has 0 unspecified atom stereocenters. The van der Waals surface area contributed by atoms with Crippen LogP contribution in [0.15, 0.2) is 29.3 Å². The summed E-state index contributed by atoms with van der Waals surface area (Å²) in [6, 6.07) is 2.13. The van der Waals surface area contributed by atoms with E-state index in [1.807, 2.05) is 0 Å². The summed E-state index contributed by atoms with van der Waals surface area (Å²) in [6.45, 7) is -3.42. The maximum atomic E-state index is 13.3. The standard InChI is InChI=1S/C14H5F7N4O4/c15-12(16)29-7-1-6(4-22)11(8(2-7)25(27)28)24-5-23-9(3-10(24)26)13(17,18)14(19,20)21/h1-3,5,12H. The molecule has 2 aromatic rings. The number of halogens is 7. The van der Waals surface area contributed by atoms with Crippen molar-refractivity contribution in [2.24, 2.45) is 0 Å². The van der Waals surface area contributed by atoms with Gasteiger partial charge in [0.25, 0.3) is 11.2 Å². The Kier molecular flexibility index (Phi) is 5.49. The van der Waals surface area contributed by atoms with Gasteiger partial charge in [-0.3, -0.25) is 19.5 Å². The van der Waals surface area contributed by atoms with Crippen molar-refractivity contribution in [3.8, 4) is 17.5 Å². The number of rotatable bonds is 5. The minimum atomic E-state index is -6.07. The van der Waals surface area contributed by atoms with E-state index in [2.05, 4.69) is 9.72 Å². The van der Waals surface area contributed by atoms with Crippen molar-refractivity contribution in [3.63, 3.8) is 0 Å². The molecule has 1 heterocycles. The molecule has 0 radical (unpaired) electrons. The molecule has 1 aromatic carbocycles. The summed E-state index contributed by atoms with van der Waals surface area (Å²) in [4.78, 5) is 24.9. The molecule has 0 aliphatic rings. The molecule has 1 aromatic heterocycles. The molecule has 0 N–H and O–H groups in total. The van der Waals surface area contributed by atoms with Crippen molar-refractivity contribution in [2.45, 2.75) is 18.7 Å². The maximum Gasteiger partial charge on any atom is 0.459 e. The fourth-order valence-corrected chi connectivity index (χ4v) is 2.13. The summed E-state index contributed by atoms with van der Waals surface area (Å²) in [5.74, 6) is -6.32. The summed E-state index contributed by atoms with van der Waals surface area (Å²) in [7, 11) is 0. The number of nitro benzene ring substituents is 1. The monoisotopic (exact) mass is 426 g/mol. The molecule has 154 valence electrons. The Balaban J connectivity index is 2.73. The molecule has 8 nitrogen and oxygen atoms in total. The largest absolute Gasteiger partial charge is 0.459 e. The van der Waals surface area contributed by atoms with E-state index in [-0.39, 0.29) is 17.0 Å². The number of aromatic nitrogens is 2. The molecule has 2 rings (SSSR count). The second-order valence-corrected chi connectivity index (χ2v) is 5.14. The van der Waals surface area contributed by atoms with E-state index < -0.39 is 57.6 Å². The van der Waals surface area contributed by atoms with Crippen molar-refractivity contribution >= 4 is 5.69 Å². The Morgan fingerprint density at radius 3 is 2.28 bits per heavy atom. The number of nitro groups is 1. The lowest BCUT2D eigenvalue weighted by Crippen LogP contribution is -2.36. The van der Waals surface area contributed by atoms with Crippen LogP contribution in [0.1, 0.15) is 11.3 Å². The fourth-order valence-electron chi connectivity index (χ4n) is 2.13. The normalized spacial score (nSPS) is 12.0. The van der Waals surface area contributed by atoms with Crippen molar-refractivity contribution in [3.05, 3.63) is 56.3 Å². The third-order valence-corrected chi connectivity index (χ3v) is 3.33. The van der Waals surface area contributed by atoms with Gasteiger partial charge >= 0.3 is 18.7 Å². The third-order valence-electron chi connectivity index (χ3n) is 3.33. The first-order valence-electron chi connectivity index (χ1n) is 7.01. The van der Waals surface area contributed by atoms with Crippen LogP contribution in [0, 0.1) is 21.4 Å². The highest BCUT2D eigenvalue weighted by atomic mass is 19.4. The number of alkyl halides is 7. The summed E-state index contributed by atoms with van der Waals surface area (Å²) in [5.41, 5.74) is -6.42. The number of nitrogens with zero attached hydrogens (tertiary/aromatic N) is 4. The van der Waals surface area contributed by atoms with Gasteiger partial charge in [0.15, 0.2) is 0 Å². The molecule has 0 saturated carbocycles. The number of nitriles is 1. The summed E-state index contributed by atoms with van der Waals surface area (Å²) in [6.07, 6.45) is -5.95. The number of benzene rings is 1. The molecule has 0 aliphatic carbocycles. The lowest BCUT2D eigenvalue weighted by molar-refractivity contribution is -0.384. The van der Waals surface area contributed by atoms with Crippen LogP contribution in [0.3, 0.4) is 0 Å².